The average Bonchev–Trinajstić information content (AvgIpc) is 2.83. The van der Waals surface area contributed by atoms with Gasteiger partial charge in [-0.3, -0.25) is 0 Å². The Kier molecular flexibility index (Phi) is 9.54. The predicted molar refractivity (Wildman–Crippen MR) is 101 cm³/mol. The number of aliphatic hydroxyl groups excluding tert-OH is 11. The van der Waals surface area contributed by atoms with Crippen LogP contribution in [0.3, 0.4) is 0 Å². The van der Waals surface area contributed by atoms with E-state index in [1.165, 1.54) is 0 Å². The van der Waals surface area contributed by atoms with E-state index in [1.807, 2.05) is 0 Å². The molecule has 3 aliphatic heterocycles. The van der Waals surface area contributed by atoms with Gasteiger partial charge in [-0.25, -0.2) is 0 Å². The third-order valence-electron chi connectivity index (χ3n) is 6.09. The van der Waals surface area contributed by atoms with E-state index in [0.29, 0.717) is 0 Å². The van der Waals surface area contributed by atoms with Gasteiger partial charge in [0.05, 0.1) is 19.8 Å². The molecule has 0 saturated carbocycles. The van der Waals surface area contributed by atoms with E-state index in [4.69, 9.17) is 23.7 Å². The zero-order valence-electron chi connectivity index (χ0n) is 17.7. The molecule has 3 rings (SSSR count). The SMILES string of the molecule is OC[C@H]1O[C@@H](O[C@@H]2[C@H](O[C@H]3O[C@H](CO)[C@@H](O)[C@H](O)[C@H]3O)[C@@H](O)[C@@H](O)O[C@@H]2CO)[C@H](O)[C@@H](O)[C@@H]1O. The van der Waals surface area contributed by atoms with Gasteiger partial charge in [0.25, 0.3) is 0 Å². The van der Waals surface area contributed by atoms with Crippen molar-refractivity contribution in [3.05, 3.63) is 0 Å². The van der Waals surface area contributed by atoms with Crippen molar-refractivity contribution in [3.63, 3.8) is 0 Å². The lowest BCUT2D eigenvalue weighted by Crippen LogP contribution is -2.67. The van der Waals surface area contributed by atoms with Gasteiger partial charge in [-0.2, -0.15) is 0 Å². The van der Waals surface area contributed by atoms with E-state index in [9.17, 15) is 56.2 Å². The van der Waals surface area contributed by atoms with Gasteiger partial charge in [0.1, 0.15) is 73.2 Å². The normalized spacial score (nSPS) is 52.5. The van der Waals surface area contributed by atoms with Crippen LogP contribution >= 0.6 is 0 Å². The van der Waals surface area contributed by atoms with Crippen molar-refractivity contribution in [2.45, 2.75) is 92.1 Å². The maximum Gasteiger partial charge on any atom is 0.187 e. The van der Waals surface area contributed by atoms with E-state index in [1.54, 1.807) is 0 Å². The molecule has 15 atom stereocenters. The molecule has 0 radical (unpaired) electrons. The first-order valence-corrected chi connectivity index (χ1v) is 10.6. The lowest BCUT2D eigenvalue weighted by atomic mass is 9.96. The molecule has 3 saturated heterocycles. The second kappa shape index (κ2) is 11.6. The Morgan fingerprint density at radius 3 is 1.26 bits per heavy atom. The number of ether oxygens (including phenoxy) is 5. The molecule has 3 fully saturated rings. The topological polar surface area (TPSA) is 269 Å². The average molecular weight is 504 g/mol. The summed E-state index contributed by atoms with van der Waals surface area (Å²) in [4.78, 5) is 0. The first-order valence-electron chi connectivity index (χ1n) is 10.6. The summed E-state index contributed by atoms with van der Waals surface area (Å²) in [5.41, 5.74) is 0. The Bertz CT molecular complexity index is 599. The van der Waals surface area contributed by atoms with Gasteiger partial charge in [0, 0.05) is 0 Å². The smallest absolute Gasteiger partial charge is 0.187 e. The predicted octanol–water partition coefficient (Wildman–Crippen LogP) is -7.57. The lowest BCUT2D eigenvalue weighted by molar-refractivity contribution is -0.383. The quantitative estimate of drug-likeness (QED) is 0.154. The summed E-state index contributed by atoms with van der Waals surface area (Å²) < 4.78 is 26.7. The van der Waals surface area contributed by atoms with Gasteiger partial charge in [0.15, 0.2) is 18.9 Å². The summed E-state index contributed by atoms with van der Waals surface area (Å²) in [5, 5.41) is 109. The molecule has 3 aliphatic rings. The molecule has 200 valence electrons. The Hall–Kier alpha value is -0.640. The third-order valence-corrected chi connectivity index (χ3v) is 6.09. The van der Waals surface area contributed by atoms with Crippen molar-refractivity contribution in [2.24, 2.45) is 0 Å². The van der Waals surface area contributed by atoms with E-state index < -0.39 is 112 Å². The highest BCUT2D eigenvalue weighted by Gasteiger charge is 2.53. The van der Waals surface area contributed by atoms with Gasteiger partial charge < -0.3 is 79.9 Å². The van der Waals surface area contributed by atoms with Crippen LogP contribution in [0.1, 0.15) is 0 Å². The van der Waals surface area contributed by atoms with Crippen LogP contribution in [-0.4, -0.2) is 168 Å². The summed E-state index contributed by atoms with van der Waals surface area (Å²) in [6.07, 6.45) is -25.6. The molecule has 0 aliphatic carbocycles. The Morgan fingerprint density at radius 2 is 0.853 bits per heavy atom. The molecule has 0 aromatic rings. The fourth-order valence-corrected chi connectivity index (χ4v) is 4.04. The molecule has 0 amide bonds. The van der Waals surface area contributed by atoms with Crippen molar-refractivity contribution in [2.75, 3.05) is 19.8 Å². The highest BCUT2D eigenvalue weighted by atomic mass is 16.8. The van der Waals surface area contributed by atoms with Crippen LogP contribution in [0, 0.1) is 0 Å². The highest BCUT2D eigenvalue weighted by molar-refractivity contribution is 4.96. The summed E-state index contributed by atoms with van der Waals surface area (Å²) >= 11 is 0. The Balaban J connectivity index is 1.84. The minimum absolute atomic E-state index is 0.762. The van der Waals surface area contributed by atoms with Crippen molar-refractivity contribution < 1.29 is 79.9 Å². The van der Waals surface area contributed by atoms with E-state index in [-0.39, 0.29) is 0 Å². The van der Waals surface area contributed by atoms with Crippen molar-refractivity contribution in [3.8, 4) is 0 Å². The lowest BCUT2D eigenvalue weighted by Gasteiger charge is -2.48. The monoisotopic (exact) mass is 504 g/mol. The number of hydrogen-bond donors (Lipinski definition) is 11. The fraction of sp³-hybridized carbons (Fsp3) is 1.00. The largest absolute Gasteiger partial charge is 0.394 e. The molecule has 16 heteroatoms. The van der Waals surface area contributed by atoms with E-state index >= 15 is 0 Å². The van der Waals surface area contributed by atoms with Gasteiger partial charge >= 0.3 is 0 Å². The standard InChI is InChI=1S/C18H32O16/c19-1-4-7(22)9(24)11(26)17(31-4)33-14-6(3-21)30-16(29)13(28)15(14)34-18-12(27)10(25)8(23)5(2-20)32-18/h4-29H,1-3H2/t4-,5-,6-,7-,8-,9+,10+,11-,12-,13-,14+,15-,16+,17+,18-/m1/s1. The highest BCUT2D eigenvalue weighted by Crippen LogP contribution is 2.32. The summed E-state index contributed by atoms with van der Waals surface area (Å²) in [5.74, 6) is 0. The van der Waals surface area contributed by atoms with Crippen LogP contribution < -0.4 is 0 Å². The second-order valence-electron chi connectivity index (χ2n) is 8.33. The zero-order valence-corrected chi connectivity index (χ0v) is 17.7. The van der Waals surface area contributed by atoms with Crippen LogP contribution in [-0.2, 0) is 23.7 Å². The molecule has 0 spiro atoms. The first kappa shape index (κ1) is 27.9. The van der Waals surface area contributed by atoms with Crippen LogP contribution in [0.5, 0.6) is 0 Å². The minimum Gasteiger partial charge on any atom is -0.394 e. The number of aliphatic hydroxyl groups is 11. The summed E-state index contributed by atoms with van der Waals surface area (Å²) in [6, 6.07) is 0. The molecule has 0 aromatic heterocycles. The van der Waals surface area contributed by atoms with Crippen LogP contribution in [0.25, 0.3) is 0 Å². The fourth-order valence-electron chi connectivity index (χ4n) is 4.04. The first-order chi connectivity index (χ1) is 16.0. The van der Waals surface area contributed by atoms with Crippen molar-refractivity contribution in [1.82, 2.24) is 0 Å². The zero-order chi connectivity index (χ0) is 25.3. The molecule has 16 nitrogen and oxygen atoms in total. The molecule has 11 N–H and O–H groups in total. The second-order valence-corrected chi connectivity index (χ2v) is 8.33. The molecule has 0 bridgehead atoms. The molecule has 34 heavy (non-hydrogen) atoms. The van der Waals surface area contributed by atoms with Gasteiger partial charge in [0.2, 0.25) is 0 Å². The molecule has 3 heterocycles. The Morgan fingerprint density at radius 1 is 0.441 bits per heavy atom. The van der Waals surface area contributed by atoms with Crippen LogP contribution in [0.15, 0.2) is 0 Å². The van der Waals surface area contributed by atoms with Crippen molar-refractivity contribution >= 4 is 0 Å². The maximum atomic E-state index is 10.5. The third kappa shape index (κ3) is 5.37. The Labute approximate surface area is 192 Å². The number of rotatable bonds is 7. The summed E-state index contributed by atoms with van der Waals surface area (Å²) in [7, 11) is 0. The van der Waals surface area contributed by atoms with Crippen molar-refractivity contribution in [1.29, 1.82) is 0 Å². The van der Waals surface area contributed by atoms with Crippen LogP contribution in [0.4, 0.5) is 0 Å². The molecular formula is C18H32O16. The summed E-state index contributed by atoms with van der Waals surface area (Å²) in [6.45, 7) is -2.35. The van der Waals surface area contributed by atoms with Gasteiger partial charge in [-0.1, -0.05) is 0 Å². The molecular weight excluding hydrogens is 472 g/mol. The van der Waals surface area contributed by atoms with Crippen LogP contribution in [0.2, 0.25) is 0 Å². The maximum absolute atomic E-state index is 10.5. The van der Waals surface area contributed by atoms with Gasteiger partial charge in [-0.15, -0.1) is 0 Å². The van der Waals surface area contributed by atoms with Gasteiger partial charge in [-0.05, 0) is 0 Å². The molecule has 0 aromatic carbocycles. The van der Waals surface area contributed by atoms with E-state index in [2.05, 4.69) is 0 Å². The minimum atomic E-state index is -1.93. The van der Waals surface area contributed by atoms with E-state index in [0.717, 1.165) is 0 Å². The number of hydrogen-bond acceptors (Lipinski definition) is 16. The molecule has 0 unspecified atom stereocenters.